The van der Waals surface area contributed by atoms with Crippen LogP contribution in [0.4, 0.5) is 0 Å². The predicted octanol–water partition coefficient (Wildman–Crippen LogP) is 0.617. The molecule has 1 atom stereocenters. The molecule has 24 heavy (non-hydrogen) atoms. The van der Waals surface area contributed by atoms with Crippen LogP contribution in [-0.4, -0.2) is 47.3 Å². The lowest BCUT2D eigenvalue weighted by Gasteiger charge is -2.29. The molecular weight excluding hydrogens is 310 g/mol. The first-order valence-electron chi connectivity index (χ1n) is 7.91. The number of aryl methyl sites for hydroxylation is 1. The van der Waals surface area contributed by atoms with Gasteiger partial charge in [0.25, 0.3) is 5.56 Å². The van der Waals surface area contributed by atoms with Crippen LogP contribution in [0.25, 0.3) is 0 Å². The van der Waals surface area contributed by atoms with Crippen molar-refractivity contribution in [3.63, 3.8) is 0 Å². The Hall–Kier alpha value is -2.54. The van der Waals surface area contributed by atoms with Gasteiger partial charge in [-0.05, 0) is 26.1 Å². The number of aromatic nitrogens is 2. The number of hydrogen-bond acceptors (Lipinski definition) is 5. The summed E-state index contributed by atoms with van der Waals surface area (Å²) in [4.78, 5) is 28.4. The van der Waals surface area contributed by atoms with Gasteiger partial charge in [-0.15, -0.1) is 0 Å². The molecule has 7 nitrogen and oxygen atoms in total. The Kier molecular flexibility index (Phi) is 4.71. The van der Waals surface area contributed by atoms with Crippen LogP contribution >= 0.6 is 0 Å². The summed E-state index contributed by atoms with van der Waals surface area (Å²) in [7, 11) is 1.93. The third-order valence-corrected chi connectivity index (χ3v) is 3.94. The van der Waals surface area contributed by atoms with Crippen molar-refractivity contribution < 1.29 is 9.47 Å². The molecule has 3 rings (SSSR count). The summed E-state index contributed by atoms with van der Waals surface area (Å²) in [6, 6.07) is 9.00. The highest BCUT2D eigenvalue weighted by atomic mass is 16.6. The standard InChI is InChI=1S/C17H21N3O4/c1-12-9-16(21)20(17(22)18-12)8-7-19(2)10-13-11-23-14-5-3-4-6-15(14)24-13/h3-6,9,13H,7-8,10-11H2,1-2H3,(H,18,22). The van der Waals surface area contributed by atoms with Crippen LogP contribution in [0.15, 0.2) is 39.9 Å². The fourth-order valence-electron chi connectivity index (χ4n) is 2.71. The zero-order valence-corrected chi connectivity index (χ0v) is 13.8. The lowest BCUT2D eigenvalue weighted by Crippen LogP contribution is -2.42. The molecule has 0 saturated carbocycles. The van der Waals surface area contributed by atoms with E-state index in [9.17, 15) is 9.59 Å². The van der Waals surface area contributed by atoms with Gasteiger partial charge in [-0.2, -0.15) is 0 Å². The van der Waals surface area contributed by atoms with Crippen LogP contribution in [0.1, 0.15) is 5.69 Å². The molecular formula is C17H21N3O4. The third kappa shape index (κ3) is 3.68. The van der Waals surface area contributed by atoms with Crippen LogP contribution in [0, 0.1) is 6.92 Å². The van der Waals surface area contributed by atoms with Gasteiger partial charge in [-0.1, -0.05) is 12.1 Å². The first-order valence-corrected chi connectivity index (χ1v) is 7.91. The molecule has 2 aromatic rings. The van der Waals surface area contributed by atoms with E-state index in [4.69, 9.17) is 9.47 Å². The maximum atomic E-state index is 11.9. The van der Waals surface area contributed by atoms with Gasteiger partial charge in [0.2, 0.25) is 0 Å². The van der Waals surface area contributed by atoms with E-state index in [2.05, 4.69) is 4.98 Å². The quantitative estimate of drug-likeness (QED) is 0.869. The first kappa shape index (κ1) is 16.3. The molecule has 7 heteroatoms. The van der Waals surface area contributed by atoms with Crippen molar-refractivity contribution in [2.24, 2.45) is 0 Å². The lowest BCUT2D eigenvalue weighted by atomic mass is 10.2. The Morgan fingerprint density at radius 3 is 2.79 bits per heavy atom. The van der Waals surface area contributed by atoms with Crippen LogP contribution in [0.2, 0.25) is 0 Å². The number of aromatic amines is 1. The number of benzene rings is 1. The minimum absolute atomic E-state index is 0.0853. The van der Waals surface area contributed by atoms with E-state index in [1.165, 1.54) is 10.6 Å². The van der Waals surface area contributed by atoms with Gasteiger partial charge in [0, 0.05) is 31.4 Å². The Morgan fingerprint density at radius 1 is 1.29 bits per heavy atom. The van der Waals surface area contributed by atoms with E-state index < -0.39 is 0 Å². The molecule has 0 radical (unpaired) electrons. The van der Waals surface area contributed by atoms with Crippen LogP contribution in [-0.2, 0) is 6.54 Å². The molecule has 1 N–H and O–H groups in total. The Balaban J connectivity index is 1.56. The number of likely N-dealkylation sites (N-methyl/N-ethyl adjacent to an activating group) is 1. The molecule has 0 fully saturated rings. The minimum Gasteiger partial charge on any atom is -0.486 e. The molecule has 0 bridgehead atoms. The van der Waals surface area contributed by atoms with Gasteiger partial charge in [-0.3, -0.25) is 9.36 Å². The Bertz CT molecular complexity index is 796. The topological polar surface area (TPSA) is 76.6 Å². The Labute approximate surface area is 139 Å². The van der Waals surface area contributed by atoms with E-state index in [0.717, 1.165) is 11.5 Å². The maximum absolute atomic E-state index is 11.9. The number of ether oxygens (including phenoxy) is 2. The zero-order valence-electron chi connectivity index (χ0n) is 13.8. The second-order valence-corrected chi connectivity index (χ2v) is 6.01. The zero-order chi connectivity index (χ0) is 17.1. The van der Waals surface area contributed by atoms with Gasteiger partial charge in [0.1, 0.15) is 12.7 Å². The smallest absolute Gasteiger partial charge is 0.328 e. The van der Waals surface area contributed by atoms with E-state index >= 15 is 0 Å². The normalized spacial score (nSPS) is 16.4. The highest BCUT2D eigenvalue weighted by molar-refractivity contribution is 5.40. The van der Waals surface area contributed by atoms with Crippen molar-refractivity contribution in [1.29, 1.82) is 0 Å². The third-order valence-electron chi connectivity index (χ3n) is 3.94. The largest absolute Gasteiger partial charge is 0.486 e. The summed E-state index contributed by atoms with van der Waals surface area (Å²) < 4.78 is 12.8. The van der Waals surface area contributed by atoms with Crippen molar-refractivity contribution >= 4 is 0 Å². The minimum atomic E-state index is -0.375. The molecule has 128 valence electrons. The lowest BCUT2D eigenvalue weighted by molar-refractivity contribution is 0.0646. The van der Waals surface area contributed by atoms with Crippen molar-refractivity contribution in [2.45, 2.75) is 19.6 Å². The van der Waals surface area contributed by atoms with E-state index in [-0.39, 0.29) is 17.4 Å². The molecule has 0 saturated heterocycles. The van der Waals surface area contributed by atoms with Crippen LogP contribution in [0.5, 0.6) is 11.5 Å². The number of nitrogens with zero attached hydrogens (tertiary/aromatic N) is 2. The van der Waals surface area contributed by atoms with Crippen molar-refractivity contribution in [3.8, 4) is 11.5 Å². The number of fused-ring (bicyclic) bond motifs is 1. The van der Waals surface area contributed by atoms with Crippen LogP contribution in [0.3, 0.4) is 0 Å². The van der Waals surface area contributed by atoms with Gasteiger partial charge in [0.15, 0.2) is 11.5 Å². The fraction of sp³-hybridized carbons (Fsp3) is 0.412. The average molecular weight is 331 g/mol. The molecule has 0 spiro atoms. The molecule has 1 aromatic heterocycles. The molecule has 1 aromatic carbocycles. The van der Waals surface area contributed by atoms with E-state index in [1.54, 1.807) is 6.92 Å². The number of nitrogens with one attached hydrogen (secondary N) is 1. The fourth-order valence-corrected chi connectivity index (χ4v) is 2.71. The van der Waals surface area contributed by atoms with Gasteiger partial charge < -0.3 is 19.4 Å². The number of rotatable bonds is 5. The summed E-state index contributed by atoms with van der Waals surface area (Å²) in [6.07, 6.45) is -0.0853. The SMILES string of the molecule is Cc1cc(=O)n(CCN(C)CC2COc3ccccc3O2)c(=O)[nH]1. The second-order valence-electron chi connectivity index (χ2n) is 6.01. The number of para-hydroxylation sites is 2. The number of H-pyrrole nitrogens is 1. The summed E-state index contributed by atoms with van der Waals surface area (Å²) in [5, 5.41) is 0. The highest BCUT2D eigenvalue weighted by Gasteiger charge is 2.21. The highest BCUT2D eigenvalue weighted by Crippen LogP contribution is 2.30. The van der Waals surface area contributed by atoms with Crippen molar-refractivity contribution in [3.05, 3.63) is 56.9 Å². The van der Waals surface area contributed by atoms with Crippen LogP contribution < -0.4 is 20.7 Å². The van der Waals surface area contributed by atoms with Crippen molar-refractivity contribution in [1.82, 2.24) is 14.5 Å². The molecule has 0 aliphatic carbocycles. The molecule has 0 amide bonds. The van der Waals surface area contributed by atoms with Crippen molar-refractivity contribution in [2.75, 3.05) is 26.7 Å². The summed E-state index contributed by atoms with van der Waals surface area (Å²) in [5.41, 5.74) is -0.0866. The number of hydrogen-bond donors (Lipinski definition) is 1. The monoisotopic (exact) mass is 331 g/mol. The molecule has 2 heterocycles. The molecule has 1 aliphatic rings. The second kappa shape index (κ2) is 6.92. The van der Waals surface area contributed by atoms with Gasteiger partial charge >= 0.3 is 5.69 Å². The summed E-state index contributed by atoms with van der Waals surface area (Å²) >= 11 is 0. The van der Waals surface area contributed by atoms with E-state index in [1.807, 2.05) is 36.2 Å². The predicted molar refractivity (Wildman–Crippen MR) is 89.9 cm³/mol. The maximum Gasteiger partial charge on any atom is 0.328 e. The van der Waals surface area contributed by atoms with Gasteiger partial charge in [0.05, 0.1) is 0 Å². The summed E-state index contributed by atoms with van der Waals surface area (Å²) in [5.74, 6) is 1.50. The summed E-state index contributed by atoms with van der Waals surface area (Å²) in [6.45, 7) is 3.71. The Morgan fingerprint density at radius 2 is 2.04 bits per heavy atom. The van der Waals surface area contributed by atoms with E-state index in [0.29, 0.717) is 31.9 Å². The first-order chi connectivity index (χ1) is 11.5. The average Bonchev–Trinajstić information content (AvgIpc) is 2.53. The molecule has 1 unspecified atom stereocenters. The van der Waals surface area contributed by atoms with Gasteiger partial charge in [-0.25, -0.2) is 4.79 Å². The molecule has 1 aliphatic heterocycles.